The van der Waals surface area contributed by atoms with Crippen molar-refractivity contribution in [2.24, 2.45) is 0 Å². The maximum Gasteiger partial charge on any atom is 0.251 e. The largest absolute Gasteiger partial charge is 0.348 e. The van der Waals surface area contributed by atoms with E-state index >= 15 is 0 Å². The van der Waals surface area contributed by atoms with Gasteiger partial charge >= 0.3 is 0 Å². The van der Waals surface area contributed by atoms with Crippen LogP contribution in [0.1, 0.15) is 41.6 Å². The average Bonchev–Trinajstić information content (AvgIpc) is 3.07. The number of likely N-dealkylation sites (tertiary alicyclic amines) is 1. The highest BCUT2D eigenvalue weighted by atomic mass is 32.2. The predicted molar refractivity (Wildman–Crippen MR) is 97.9 cm³/mol. The molecule has 25 heavy (non-hydrogen) atoms. The molecule has 2 saturated heterocycles. The van der Waals surface area contributed by atoms with Gasteiger partial charge in [0, 0.05) is 31.2 Å². The van der Waals surface area contributed by atoms with Crippen LogP contribution in [0.5, 0.6) is 0 Å². The van der Waals surface area contributed by atoms with Gasteiger partial charge in [-0.15, -0.1) is 0 Å². The molecule has 2 fully saturated rings. The molecule has 138 valence electrons. The molecule has 0 radical (unpaired) electrons. The lowest BCUT2D eigenvalue weighted by Crippen LogP contribution is -2.49. The minimum atomic E-state index is -3.20. The van der Waals surface area contributed by atoms with Gasteiger partial charge in [-0.05, 0) is 56.5 Å². The molecule has 1 N–H and O–H groups in total. The summed E-state index contributed by atoms with van der Waals surface area (Å²) in [5.74, 6) is -0.122. The number of benzene rings is 1. The number of carbonyl (C=O) groups is 1. The lowest BCUT2D eigenvalue weighted by molar-refractivity contribution is 0.0921. The number of nitrogens with one attached hydrogen (secondary N) is 1. The standard InChI is InChI=1S/C18H27N3O3S/c1-25(23,24)21-11-5-8-17(14-21)19-18(22)16-7-4-6-15(12-16)13-20-9-2-3-10-20/h4,6-7,12,17H,2-3,5,8-11,13-14H2,1H3,(H,19,22). The number of nitrogens with zero attached hydrogens (tertiary/aromatic N) is 2. The van der Waals surface area contributed by atoms with Gasteiger partial charge in [-0.3, -0.25) is 9.69 Å². The fourth-order valence-corrected chi connectivity index (χ4v) is 4.55. The Kier molecular flexibility index (Phi) is 5.76. The molecule has 2 heterocycles. The van der Waals surface area contributed by atoms with Crippen molar-refractivity contribution in [2.45, 2.75) is 38.3 Å². The molecule has 1 aromatic carbocycles. The van der Waals surface area contributed by atoms with Gasteiger partial charge in [0.2, 0.25) is 10.0 Å². The van der Waals surface area contributed by atoms with E-state index in [1.165, 1.54) is 23.4 Å². The molecule has 7 heteroatoms. The fourth-order valence-electron chi connectivity index (χ4n) is 3.64. The van der Waals surface area contributed by atoms with Crippen molar-refractivity contribution in [3.63, 3.8) is 0 Å². The first-order valence-electron chi connectivity index (χ1n) is 8.99. The van der Waals surface area contributed by atoms with Gasteiger partial charge in [-0.1, -0.05) is 12.1 Å². The first kappa shape index (κ1) is 18.4. The molecule has 2 aliphatic heterocycles. The zero-order valence-corrected chi connectivity index (χ0v) is 15.6. The Bertz CT molecular complexity index is 714. The highest BCUT2D eigenvalue weighted by Crippen LogP contribution is 2.16. The van der Waals surface area contributed by atoms with Crippen LogP contribution in [0.25, 0.3) is 0 Å². The lowest BCUT2D eigenvalue weighted by atomic mass is 10.1. The van der Waals surface area contributed by atoms with Gasteiger partial charge in [0.1, 0.15) is 0 Å². The summed E-state index contributed by atoms with van der Waals surface area (Å²) in [5.41, 5.74) is 1.80. The summed E-state index contributed by atoms with van der Waals surface area (Å²) in [7, 11) is -3.20. The van der Waals surface area contributed by atoms with E-state index in [4.69, 9.17) is 0 Å². The zero-order chi connectivity index (χ0) is 17.9. The summed E-state index contributed by atoms with van der Waals surface area (Å²) >= 11 is 0. The van der Waals surface area contributed by atoms with E-state index < -0.39 is 10.0 Å². The number of sulfonamides is 1. The molecule has 0 bridgehead atoms. The normalized spacial score (nSPS) is 22.8. The van der Waals surface area contributed by atoms with Gasteiger partial charge < -0.3 is 5.32 Å². The van der Waals surface area contributed by atoms with Gasteiger partial charge in [0.25, 0.3) is 5.91 Å². The summed E-state index contributed by atoms with van der Waals surface area (Å²) in [6.45, 7) is 4.03. The van der Waals surface area contributed by atoms with Gasteiger partial charge in [0.15, 0.2) is 0 Å². The monoisotopic (exact) mass is 365 g/mol. The molecule has 1 amide bonds. The Morgan fingerprint density at radius 1 is 1.20 bits per heavy atom. The molecule has 0 saturated carbocycles. The van der Waals surface area contributed by atoms with E-state index in [9.17, 15) is 13.2 Å². The molecule has 1 aromatic rings. The maximum atomic E-state index is 12.6. The third-order valence-electron chi connectivity index (χ3n) is 4.98. The second-order valence-electron chi connectivity index (χ2n) is 7.12. The molecule has 1 unspecified atom stereocenters. The number of amides is 1. The fraction of sp³-hybridized carbons (Fsp3) is 0.611. The smallest absolute Gasteiger partial charge is 0.251 e. The van der Waals surface area contributed by atoms with Crippen LogP contribution in [0.15, 0.2) is 24.3 Å². The van der Waals surface area contributed by atoms with Crippen LogP contribution in [0, 0.1) is 0 Å². The van der Waals surface area contributed by atoms with Gasteiger partial charge in [-0.25, -0.2) is 12.7 Å². The number of hydrogen-bond donors (Lipinski definition) is 1. The van der Waals surface area contributed by atoms with Crippen LogP contribution in [0.4, 0.5) is 0 Å². The SMILES string of the molecule is CS(=O)(=O)N1CCCC(NC(=O)c2cccc(CN3CCCC3)c2)C1. The van der Waals surface area contributed by atoms with E-state index in [2.05, 4.69) is 16.3 Å². The Balaban J connectivity index is 1.61. The first-order valence-corrected chi connectivity index (χ1v) is 10.8. The minimum absolute atomic E-state index is 0.122. The van der Waals surface area contributed by atoms with Gasteiger partial charge in [-0.2, -0.15) is 0 Å². The van der Waals surface area contributed by atoms with E-state index in [0.29, 0.717) is 18.7 Å². The molecular formula is C18H27N3O3S. The van der Waals surface area contributed by atoms with Gasteiger partial charge in [0.05, 0.1) is 6.26 Å². The molecule has 0 aromatic heterocycles. The molecule has 1 atom stereocenters. The minimum Gasteiger partial charge on any atom is -0.348 e. The molecular weight excluding hydrogens is 338 g/mol. The number of carbonyl (C=O) groups excluding carboxylic acids is 1. The Hall–Kier alpha value is -1.44. The molecule has 6 nitrogen and oxygen atoms in total. The second kappa shape index (κ2) is 7.85. The summed E-state index contributed by atoms with van der Waals surface area (Å²) in [6, 6.07) is 7.62. The molecule has 3 rings (SSSR count). The van der Waals surface area contributed by atoms with Crippen LogP contribution in [0.3, 0.4) is 0 Å². The first-order chi connectivity index (χ1) is 11.9. The number of rotatable bonds is 5. The number of piperidine rings is 1. The quantitative estimate of drug-likeness (QED) is 0.857. The van der Waals surface area contributed by atoms with Crippen LogP contribution in [-0.4, -0.2) is 62.0 Å². The highest BCUT2D eigenvalue weighted by Gasteiger charge is 2.27. The van der Waals surface area contributed by atoms with Crippen LogP contribution in [-0.2, 0) is 16.6 Å². The Labute approximate surface area is 150 Å². The third-order valence-corrected chi connectivity index (χ3v) is 6.25. The van der Waals surface area contributed by atoms with E-state index in [1.54, 1.807) is 0 Å². The van der Waals surface area contributed by atoms with Crippen LogP contribution < -0.4 is 5.32 Å². The highest BCUT2D eigenvalue weighted by molar-refractivity contribution is 7.88. The van der Waals surface area contributed by atoms with Crippen molar-refractivity contribution >= 4 is 15.9 Å². The average molecular weight is 365 g/mol. The summed E-state index contributed by atoms with van der Waals surface area (Å²) in [5, 5.41) is 3.00. The molecule has 0 spiro atoms. The van der Waals surface area contributed by atoms with E-state index in [1.807, 2.05) is 18.2 Å². The van der Waals surface area contributed by atoms with Crippen molar-refractivity contribution in [3.05, 3.63) is 35.4 Å². The third kappa shape index (κ3) is 5.03. The summed E-state index contributed by atoms with van der Waals surface area (Å²) in [4.78, 5) is 15.0. The van der Waals surface area contributed by atoms with Crippen LogP contribution in [0.2, 0.25) is 0 Å². The van der Waals surface area contributed by atoms with Crippen molar-refractivity contribution in [1.29, 1.82) is 0 Å². The van der Waals surface area contributed by atoms with E-state index in [-0.39, 0.29) is 11.9 Å². The summed E-state index contributed by atoms with van der Waals surface area (Å²) < 4.78 is 24.9. The lowest BCUT2D eigenvalue weighted by Gasteiger charge is -2.31. The van der Waals surface area contributed by atoms with Crippen molar-refractivity contribution in [1.82, 2.24) is 14.5 Å². The number of hydrogen-bond acceptors (Lipinski definition) is 4. The maximum absolute atomic E-state index is 12.6. The van der Waals surface area contributed by atoms with Crippen LogP contribution >= 0.6 is 0 Å². The summed E-state index contributed by atoms with van der Waals surface area (Å²) in [6.07, 6.45) is 5.30. The van der Waals surface area contributed by atoms with Crippen molar-refractivity contribution in [2.75, 3.05) is 32.4 Å². The predicted octanol–water partition coefficient (Wildman–Crippen LogP) is 1.44. The topological polar surface area (TPSA) is 69.7 Å². The van der Waals surface area contributed by atoms with E-state index in [0.717, 1.165) is 38.0 Å². The molecule has 0 aliphatic carbocycles. The van der Waals surface area contributed by atoms with Crippen molar-refractivity contribution < 1.29 is 13.2 Å². The molecule has 2 aliphatic rings. The second-order valence-corrected chi connectivity index (χ2v) is 9.10. The Morgan fingerprint density at radius 3 is 2.68 bits per heavy atom. The Morgan fingerprint density at radius 2 is 1.96 bits per heavy atom. The van der Waals surface area contributed by atoms with Crippen molar-refractivity contribution in [3.8, 4) is 0 Å². The zero-order valence-electron chi connectivity index (χ0n) is 14.8.